The van der Waals surface area contributed by atoms with Crippen LogP contribution in [0.1, 0.15) is 46.0 Å². The molecule has 0 aromatic rings. The zero-order valence-electron chi connectivity index (χ0n) is 11.9. The summed E-state index contributed by atoms with van der Waals surface area (Å²) in [5.74, 6) is 0. The Bertz CT molecular complexity index is 386. The molecule has 2 aliphatic carbocycles. The van der Waals surface area contributed by atoms with E-state index in [0.717, 1.165) is 5.54 Å². The van der Waals surface area contributed by atoms with Gasteiger partial charge in [-0.2, -0.15) is 0 Å². The van der Waals surface area contributed by atoms with E-state index in [1.165, 1.54) is 32.1 Å². The summed E-state index contributed by atoms with van der Waals surface area (Å²) in [6, 6.07) is 0. The molecule has 18 heavy (non-hydrogen) atoms. The van der Waals surface area contributed by atoms with E-state index in [0.29, 0.717) is 5.04 Å². The minimum Gasteiger partial charge on any atom is -0.0840 e. The number of hydrogen-bond donors (Lipinski definition) is 0. The maximum atomic E-state index is 2.54. The Morgan fingerprint density at radius 2 is 2.17 bits per heavy atom. The summed E-state index contributed by atoms with van der Waals surface area (Å²) < 4.78 is 0. The van der Waals surface area contributed by atoms with Gasteiger partial charge in [0.1, 0.15) is 0 Å². The summed E-state index contributed by atoms with van der Waals surface area (Å²) in [6.45, 7) is 4.60. The van der Waals surface area contributed by atoms with Crippen LogP contribution in [-0.2, 0) is 0 Å². The Morgan fingerprint density at radius 1 is 1.28 bits per heavy atom. The molecule has 0 aromatic heterocycles. The molecule has 0 fully saturated rings. The number of hydrogen-bond acceptors (Lipinski definition) is 0. The van der Waals surface area contributed by atoms with Crippen molar-refractivity contribution in [1.82, 2.24) is 0 Å². The average molecular weight is 258 g/mol. The molecule has 2 atom stereocenters. The highest BCUT2D eigenvalue weighted by Gasteiger charge is 2.30. The third-order valence-electron chi connectivity index (χ3n) is 4.41. The van der Waals surface area contributed by atoms with E-state index in [-0.39, 0.29) is 9.52 Å². The van der Waals surface area contributed by atoms with Gasteiger partial charge < -0.3 is 0 Å². The predicted octanol–water partition coefficient (Wildman–Crippen LogP) is 4.71. The monoisotopic (exact) mass is 258 g/mol. The summed E-state index contributed by atoms with van der Waals surface area (Å²) in [7, 11) is -0.133. The van der Waals surface area contributed by atoms with Crippen molar-refractivity contribution in [3.05, 3.63) is 48.1 Å². The molecule has 0 bridgehead atoms. The van der Waals surface area contributed by atoms with E-state index >= 15 is 0 Å². The maximum absolute atomic E-state index is 2.54. The first-order chi connectivity index (χ1) is 8.76. The van der Waals surface area contributed by atoms with Crippen molar-refractivity contribution in [1.29, 1.82) is 0 Å². The van der Waals surface area contributed by atoms with Crippen LogP contribution in [-0.4, -0.2) is 9.52 Å². The zero-order chi connectivity index (χ0) is 12.8. The van der Waals surface area contributed by atoms with Gasteiger partial charge in [-0.3, -0.25) is 0 Å². The van der Waals surface area contributed by atoms with Gasteiger partial charge in [0, 0.05) is 9.52 Å². The van der Waals surface area contributed by atoms with Crippen molar-refractivity contribution in [2.24, 2.45) is 0 Å². The van der Waals surface area contributed by atoms with Crippen molar-refractivity contribution in [2.45, 2.75) is 56.5 Å². The lowest BCUT2D eigenvalue weighted by Crippen LogP contribution is -2.22. The van der Waals surface area contributed by atoms with Gasteiger partial charge in [-0.1, -0.05) is 74.3 Å². The highest BCUT2D eigenvalue weighted by molar-refractivity contribution is 6.45. The molecule has 0 radical (unpaired) electrons. The summed E-state index contributed by atoms with van der Waals surface area (Å²) in [6.07, 6.45) is 23.3. The molecule has 2 aliphatic rings. The molecular weight excluding hydrogens is 232 g/mol. The van der Waals surface area contributed by atoms with Crippen LogP contribution in [0.5, 0.6) is 0 Å². The Hall–Kier alpha value is -0.823. The smallest absolute Gasteiger partial charge is 0.0450 e. The molecule has 0 N–H and O–H groups in total. The number of allylic oxidation sites excluding steroid dienone is 8. The summed E-state index contributed by atoms with van der Waals surface area (Å²) in [5.41, 5.74) is 2.40. The van der Waals surface area contributed by atoms with E-state index in [1.54, 1.807) is 5.57 Å². The molecule has 0 nitrogen and oxygen atoms in total. The Kier molecular flexibility index (Phi) is 4.82. The Morgan fingerprint density at radius 3 is 2.78 bits per heavy atom. The lowest BCUT2D eigenvalue weighted by molar-refractivity contribution is 0.552. The summed E-state index contributed by atoms with van der Waals surface area (Å²) in [5, 5.41) is 0.554. The van der Waals surface area contributed by atoms with Crippen LogP contribution in [0.25, 0.3) is 0 Å². The molecule has 0 amide bonds. The van der Waals surface area contributed by atoms with Crippen LogP contribution in [0.3, 0.4) is 0 Å². The summed E-state index contributed by atoms with van der Waals surface area (Å²) in [4.78, 5) is 0. The van der Waals surface area contributed by atoms with Crippen molar-refractivity contribution in [3.8, 4) is 0 Å². The maximum Gasteiger partial charge on any atom is 0.0450 e. The molecule has 0 saturated carbocycles. The third kappa shape index (κ3) is 3.35. The topological polar surface area (TPSA) is 0 Å². The fourth-order valence-electron chi connectivity index (χ4n) is 3.16. The lowest BCUT2D eigenvalue weighted by atomic mass is 9.93. The van der Waals surface area contributed by atoms with E-state index in [4.69, 9.17) is 0 Å². The molecule has 0 aliphatic heterocycles. The predicted molar refractivity (Wildman–Crippen MR) is 84.9 cm³/mol. The quantitative estimate of drug-likeness (QED) is 0.478. The van der Waals surface area contributed by atoms with Gasteiger partial charge in [-0.15, -0.1) is 0 Å². The van der Waals surface area contributed by atoms with Crippen LogP contribution in [0.2, 0.25) is 10.6 Å². The Balaban J connectivity index is 2.01. The molecule has 0 saturated heterocycles. The van der Waals surface area contributed by atoms with Crippen molar-refractivity contribution < 1.29 is 0 Å². The molecule has 2 unspecified atom stereocenters. The van der Waals surface area contributed by atoms with Crippen LogP contribution >= 0.6 is 0 Å². The van der Waals surface area contributed by atoms with Crippen LogP contribution in [0.15, 0.2) is 48.1 Å². The first-order valence-electron chi connectivity index (χ1n) is 7.45. The van der Waals surface area contributed by atoms with Crippen LogP contribution in [0.4, 0.5) is 0 Å². The molecular formula is C17H26Si. The minimum atomic E-state index is -0.133. The van der Waals surface area contributed by atoms with Crippen molar-refractivity contribution in [3.63, 3.8) is 0 Å². The molecule has 0 spiro atoms. The second-order valence-corrected chi connectivity index (χ2v) is 8.61. The normalized spacial score (nSPS) is 30.6. The fourth-order valence-corrected chi connectivity index (χ4v) is 5.85. The van der Waals surface area contributed by atoms with Gasteiger partial charge >= 0.3 is 0 Å². The number of unbranched alkanes of at least 4 members (excludes halogenated alkanes) is 2. The molecule has 2 rings (SSSR count). The van der Waals surface area contributed by atoms with E-state index < -0.39 is 0 Å². The minimum absolute atomic E-state index is 0.133. The standard InChI is InChI=1S/C17H26Si/c1-3-4-6-12-17(13-7-5-8-14-17)18-16-11-9-10-15(16)2/h5,7-11,13,16H,3-4,6,12,14,18H2,1-2H3. The van der Waals surface area contributed by atoms with Crippen LogP contribution < -0.4 is 0 Å². The first kappa shape index (κ1) is 13.6. The van der Waals surface area contributed by atoms with Gasteiger partial charge in [0.2, 0.25) is 0 Å². The SMILES string of the molecule is CCCCCC1([SiH2]C2C=CC=C2C)C=CC=CC1. The molecule has 0 aromatic carbocycles. The van der Waals surface area contributed by atoms with Gasteiger partial charge in [-0.25, -0.2) is 0 Å². The van der Waals surface area contributed by atoms with E-state index in [1.807, 2.05) is 0 Å². The zero-order valence-corrected chi connectivity index (χ0v) is 13.3. The third-order valence-corrected chi connectivity index (χ3v) is 7.46. The fraction of sp³-hybridized carbons (Fsp3) is 0.529. The highest BCUT2D eigenvalue weighted by Crippen LogP contribution is 2.45. The average Bonchev–Trinajstić information content (AvgIpc) is 2.76. The van der Waals surface area contributed by atoms with Crippen LogP contribution in [0, 0.1) is 0 Å². The van der Waals surface area contributed by atoms with Gasteiger partial charge in [0.05, 0.1) is 0 Å². The number of rotatable bonds is 6. The molecule has 0 heterocycles. The highest BCUT2D eigenvalue weighted by atomic mass is 28.2. The van der Waals surface area contributed by atoms with Gasteiger partial charge in [0.25, 0.3) is 0 Å². The van der Waals surface area contributed by atoms with E-state index in [9.17, 15) is 0 Å². The van der Waals surface area contributed by atoms with Gasteiger partial charge in [-0.05, 0) is 30.3 Å². The first-order valence-corrected chi connectivity index (χ1v) is 8.97. The Labute approximate surface area is 114 Å². The van der Waals surface area contributed by atoms with Crippen molar-refractivity contribution >= 4 is 9.52 Å². The molecule has 98 valence electrons. The largest absolute Gasteiger partial charge is 0.0840 e. The second-order valence-electron chi connectivity index (χ2n) is 5.92. The second kappa shape index (κ2) is 6.37. The van der Waals surface area contributed by atoms with Crippen molar-refractivity contribution in [2.75, 3.05) is 0 Å². The summed E-state index contributed by atoms with van der Waals surface area (Å²) >= 11 is 0. The van der Waals surface area contributed by atoms with Gasteiger partial charge in [0.15, 0.2) is 0 Å². The lowest BCUT2D eigenvalue weighted by Gasteiger charge is -2.33. The molecule has 1 heteroatoms. The van der Waals surface area contributed by atoms with E-state index in [2.05, 4.69) is 56.4 Å².